The van der Waals surface area contributed by atoms with Gasteiger partial charge in [-0.2, -0.15) is 11.3 Å². The summed E-state index contributed by atoms with van der Waals surface area (Å²) in [5, 5.41) is 4.20. The second-order valence-corrected chi connectivity index (χ2v) is 6.00. The van der Waals surface area contributed by atoms with Gasteiger partial charge in [0.2, 0.25) is 0 Å². The summed E-state index contributed by atoms with van der Waals surface area (Å²) in [5.74, 6) is 0. The average Bonchev–Trinajstić information content (AvgIpc) is 2.70. The Labute approximate surface area is 115 Å². The molecule has 2 aromatic rings. The standard InChI is InChI=1S/C14H16BrNS/c1-9-3-4-11(5-10(9)2)6-14(16)12-7-17-8-13(12)15/h3-5,7-8,14H,6,16H2,1-2H3. The van der Waals surface area contributed by atoms with E-state index in [9.17, 15) is 0 Å². The molecule has 1 atom stereocenters. The van der Waals surface area contributed by atoms with Gasteiger partial charge in [-0.1, -0.05) is 18.2 Å². The number of thiophene rings is 1. The molecule has 0 saturated carbocycles. The van der Waals surface area contributed by atoms with Crippen LogP contribution in [0.15, 0.2) is 33.4 Å². The van der Waals surface area contributed by atoms with Gasteiger partial charge in [0.15, 0.2) is 0 Å². The minimum atomic E-state index is 0.0673. The maximum absolute atomic E-state index is 6.24. The zero-order valence-corrected chi connectivity index (χ0v) is 12.4. The fourth-order valence-corrected chi connectivity index (χ4v) is 3.51. The Kier molecular flexibility index (Phi) is 4.02. The molecule has 0 aliphatic carbocycles. The molecule has 0 fully saturated rings. The van der Waals surface area contributed by atoms with Crippen molar-refractivity contribution in [2.45, 2.75) is 26.3 Å². The average molecular weight is 310 g/mol. The molecule has 17 heavy (non-hydrogen) atoms. The highest BCUT2D eigenvalue weighted by Crippen LogP contribution is 2.28. The predicted octanol–water partition coefficient (Wildman–Crippen LogP) is 4.37. The van der Waals surface area contributed by atoms with Crippen LogP contribution in [0.5, 0.6) is 0 Å². The highest BCUT2D eigenvalue weighted by Gasteiger charge is 2.11. The Hall–Kier alpha value is -0.640. The first-order valence-corrected chi connectivity index (χ1v) is 7.35. The maximum Gasteiger partial charge on any atom is 0.0355 e. The predicted molar refractivity (Wildman–Crippen MR) is 78.6 cm³/mol. The highest BCUT2D eigenvalue weighted by atomic mass is 79.9. The fraction of sp³-hybridized carbons (Fsp3) is 0.286. The van der Waals surface area contributed by atoms with Gasteiger partial charge in [-0.05, 0) is 63.8 Å². The first-order chi connectivity index (χ1) is 8.08. The van der Waals surface area contributed by atoms with Crippen molar-refractivity contribution < 1.29 is 0 Å². The number of benzene rings is 1. The molecule has 0 aliphatic heterocycles. The van der Waals surface area contributed by atoms with Crippen molar-refractivity contribution in [1.82, 2.24) is 0 Å². The Morgan fingerprint density at radius 3 is 2.59 bits per heavy atom. The molecule has 0 radical (unpaired) electrons. The second-order valence-electron chi connectivity index (χ2n) is 4.40. The molecule has 1 nitrogen and oxygen atoms in total. The van der Waals surface area contributed by atoms with Gasteiger partial charge in [0, 0.05) is 15.9 Å². The first kappa shape index (κ1) is 12.8. The number of nitrogens with two attached hydrogens (primary N) is 1. The van der Waals surface area contributed by atoms with Gasteiger partial charge in [-0.25, -0.2) is 0 Å². The molecule has 2 rings (SSSR count). The van der Waals surface area contributed by atoms with Crippen LogP contribution in [0.4, 0.5) is 0 Å². The van der Waals surface area contributed by atoms with Crippen LogP contribution in [0.2, 0.25) is 0 Å². The molecule has 1 heterocycles. The summed E-state index contributed by atoms with van der Waals surface area (Å²) >= 11 is 5.22. The molecule has 0 saturated heterocycles. The van der Waals surface area contributed by atoms with Gasteiger partial charge >= 0.3 is 0 Å². The molecule has 2 N–H and O–H groups in total. The summed E-state index contributed by atoms with van der Waals surface area (Å²) in [7, 11) is 0. The molecule has 1 unspecified atom stereocenters. The Morgan fingerprint density at radius 1 is 1.24 bits per heavy atom. The van der Waals surface area contributed by atoms with Crippen molar-refractivity contribution in [2.75, 3.05) is 0 Å². The SMILES string of the molecule is Cc1ccc(CC(N)c2cscc2Br)cc1C. The Morgan fingerprint density at radius 2 is 2.00 bits per heavy atom. The van der Waals surface area contributed by atoms with Crippen molar-refractivity contribution in [3.8, 4) is 0 Å². The Bertz CT molecular complexity index is 519. The quantitative estimate of drug-likeness (QED) is 0.895. The van der Waals surface area contributed by atoms with Crippen molar-refractivity contribution in [2.24, 2.45) is 5.73 Å². The van der Waals surface area contributed by atoms with E-state index < -0.39 is 0 Å². The van der Waals surface area contributed by atoms with Gasteiger partial charge in [0.05, 0.1) is 0 Å². The van der Waals surface area contributed by atoms with Crippen LogP contribution in [0.3, 0.4) is 0 Å². The smallest absolute Gasteiger partial charge is 0.0355 e. The number of hydrogen-bond donors (Lipinski definition) is 1. The second kappa shape index (κ2) is 5.34. The Balaban J connectivity index is 2.16. The van der Waals surface area contributed by atoms with E-state index in [0.29, 0.717) is 0 Å². The summed E-state index contributed by atoms with van der Waals surface area (Å²) in [6.45, 7) is 4.28. The maximum atomic E-state index is 6.24. The summed E-state index contributed by atoms with van der Waals surface area (Å²) in [6, 6.07) is 6.63. The lowest BCUT2D eigenvalue weighted by molar-refractivity contribution is 0.721. The van der Waals surface area contributed by atoms with Crippen LogP contribution in [0, 0.1) is 13.8 Å². The molecule has 3 heteroatoms. The number of halogens is 1. The first-order valence-electron chi connectivity index (χ1n) is 5.61. The largest absolute Gasteiger partial charge is 0.324 e. The molecule has 0 amide bonds. The van der Waals surface area contributed by atoms with E-state index in [1.807, 2.05) is 0 Å². The normalized spacial score (nSPS) is 12.7. The van der Waals surface area contributed by atoms with E-state index in [0.717, 1.165) is 10.9 Å². The van der Waals surface area contributed by atoms with Crippen molar-refractivity contribution >= 4 is 27.3 Å². The minimum Gasteiger partial charge on any atom is -0.324 e. The van der Waals surface area contributed by atoms with Crippen LogP contribution in [-0.4, -0.2) is 0 Å². The van der Waals surface area contributed by atoms with Crippen LogP contribution < -0.4 is 5.73 Å². The molecular formula is C14H16BrNS. The lowest BCUT2D eigenvalue weighted by Crippen LogP contribution is -2.13. The fourth-order valence-electron chi connectivity index (χ4n) is 1.85. The molecule has 0 bridgehead atoms. The minimum absolute atomic E-state index is 0.0673. The summed E-state index contributed by atoms with van der Waals surface area (Å²) < 4.78 is 1.12. The number of aryl methyl sites for hydroxylation is 2. The van der Waals surface area contributed by atoms with Crippen LogP contribution in [0.1, 0.15) is 28.3 Å². The van der Waals surface area contributed by atoms with Gasteiger partial charge in [0.1, 0.15) is 0 Å². The lowest BCUT2D eigenvalue weighted by atomic mass is 9.99. The van der Waals surface area contributed by atoms with Crippen molar-refractivity contribution in [3.63, 3.8) is 0 Å². The van der Waals surface area contributed by atoms with Gasteiger partial charge in [-0.3, -0.25) is 0 Å². The molecule has 0 spiro atoms. The molecule has 1 aromatic carbocycles. The zero-order valence-electron chi connectivity index (χ0n) is 10.0. The van der Waals surface area contributed by atoms with E-state index in [1.165, 1.54) is 22.3 Å². The van der Waals surface area contributed by atoms with E-state index in [-0.39, 0.29) is 6.04 Å². The van der Waals surface area contributed by atoms with Gasteiger partial charge in [0.25, 0.3) is 0 Å². The number of hydrogen-bond acceptors (Lipinski definition) is 2. The van der Waals surface area contributed by atoms with Gasteiger partial charge < -0.3 is 5.73 Å². The zero-order chi connectivity index (χ0) is 12.4. The summed E-state index contributed by atoms with van der Waals surface area (Å²) in [4.78, 5) is 0. The van der Waals surface area contributed by atoms with E-state index in [2.05, 4.69) is 58.7 Å². The molecule has 90 valence electrons. The van der Waals surface area contributed by atoms with Gasteiger partial charge in [-0.15, -0.1) is 0 Å². The number of rotatable bonds is 3. The molecule has 0 aliphatic rings. The van der Waals surface area contributed by atoms with Crippen LogP contribution >= 0.6 is 27.3 Å². The van der Waals surface area contributed by atoms with Crippen LogP contribution in [0.25, 0.3) is 0 Å². The van der Waals surface area contributed by atoms with Crippen LogP contribution in [-0.2, 0) is 6.42 Å². The molecular weight excluding hydrogens is 294 g/mol. The van der Waals surface area contributed by atoms with E-state index in [4.69, 9.17) is 5.73 Å². The van der Waals surface area contributed by atoms with E-state index >= 15 is 0 Å². The summed E-state index contributed by atoms with van der Waals surface area (Å²) in [6.07, 6.45) is 0.885. The third-order valence-corrected chi connectivity index (χ3v) is 4.82. The van der Waals surface area contributed by atoms with Crippen molar-refractivity contribution in [1.29, 1.82) is 0 Å². The third-order valence-electron chi connectivity index (χ3n) is 3.07. The highest BCUT2D eigenvalue weighted by molar-refractivity contribution is 9.10. The monoisotopic (exact) mass is 309 g/mol. The lowest BCUT2D eigenvalue weighted by Gasteiger charge is -2.12. The van der Waals surface area contributed by atoms with Crippen molar-refractivity contribution in [3.05, 3.63) is 55.7 Å². The van der Waals surface area contributed by atoms with E-state index in [1.54, 1.807) is 11.3 Å². The topological polar surface area (TPSA) is 26.0 Å². The third kappa shape index (κ3) is 2.97. The molecule has 1 aromatic heterocycles. The summed E-state index contributed by atoms with van der Waals surface area (Å²) in [5.41, 5.74) is 11.4.